The molecule has 1 N–H and O–H groups in total. The SMILES string of the molecule is CCOC(=O)/C=C/c1ccc(OC)c(OC(C)=O)c1NC(C)=O. The van der Waals surface area contributed by atoms with Crippen LogP contribution in [0.3, 0.4) is 0 Å². The molecule has 1 aromatic carbocycles. The predicted octanol–water partition coefficient (Wildman–Crippen LogP) is 2.16. The van der Waals surface area contributed by atoms with Crippen LogP contribution in [-0.4, -0.2) is 31.6 Å². The molecule has 0 aliphatic rings. The molecule has 1 aromatic rings. The normalized spacial score (nSPS) is 10.3. The Labute approximate surface area is 134 Å². The lowest BCUT2D eigenvalue weighted by atomic mass is 10.1. The fourth-order valence-corrected chi connectivity index (χ4v) is 1.78. The summed E-state index contributed by atoms with van der Waals surface area (Å²) in [6.45, 7) is 4.50. The van der Waals surface area contributed by atoms with Crippen molar-refractivity contribution < 1.29 is 28.6 Å². The van der Waals surface area contributed by atoms with Gasteiger partial charge in [0.1, 0.15) is 0 Å². The number of carbonyl (C=O) groups is 3. The molecule has 0 fully saturated rings. The molecule has 23 heavy (non-hydrogen) atoms. The van der Waals surface area contributed by atoms with Crippen LogP contribution in [0.25, 0.3) is 6.08 Å². The summed E-state index contributed by atoms with van der Waals surface area (Å²) in [4.78, 5) is 34.2. The molecule has 0 heterocycles. The lowest BCUT2D eigenvalue weighted by molar-refractivity contribution is -0.137. The van der Waals surface area contributed by atoms with E-state index in [-0.39, 0.29) is 29.7 Å². The molecule has 0 atom stereocenters. The smallest absolute Gasteiger partial charge is 0.330 e. The van der Waals surface area contributed by atoms with Crippen LogP contribution in [-0.2, 0) is 19.1 Å². The maximum Gasteiger partial charge on any atom is 0.330 e. The third-order valence-corrected chi connectivity index (χ3v) is 2.61. The number of nitrogens with one attached hydrogen (secondary N) is 1. The Hall–Kier alpha value is -2.83. The highest BCUT2D eigenvalue weighted by Crippen LogP contribution is 2.39. The van der Waals surface area contributed by atoms with Gasteiger partial charge in [-0.15, -0.1) is 0 Å². The van der Waals surface area contributed by atoms with Gasteiger partial charge in [0, 0.05) is 25.5 Å². The summed E-state index contributed by atoms with van der Waals surface area (Å²) in [6, 6.07) is 3.18. The van der Waals surface area contributed by atoms with Gasteiger partial charge >= 0.3 is 11.9 Å². The number of ether oxygens (including phenoxy) is 3. The van der Waals surface area contributed by atoms with Crippen molar-refractivity contribution in [1.29, 1.82) is 0 Å². The molecule has 0 bridgehead atoms. The number of amides is 1. The van der Waals surface area contributed by atoms with Crippen molar-refractivity contribution in [3.8, 4) is 11.5 Å². The van der Waals surface area contributed by atoms with Crippen molar-refractivity contribution in [2.75, 3.05) is 19.0 Å². The third-order valence-electron chi connectivity index (χ3n) is 2.61. The Kier molecular flexibility index (Phi) is 6.79. The molecule has 124 valence electrons. The van der Waals surface area contributed by atoms with Crippen LogP contribution in [0.4, 0.5) is 5.69 Å². The molecule has 1 rings (SSSR count). The Bertz CT molecular complexity index is 636. The highest BCUT2D eigenvalue weighted by molar-refractivity contribution is 5.97. The Morgan fingerprint density at radius 1 is 1.22 bits per heavy atom. The topological polar surface area (TPSA) is 90.9 Å². The second-order valence-corrected chi connectivity index (χ2v) is 4.42. The molecule has 0 aromatic heterocycles. The Morgan fingerprint density at radius 3 is 2.43 bits per heavy atom. The number of benzene rings is 1. The molecule has 0 aliphatic heterocycles. The van der Waals surface area contributed by atoms with Gasteiger partial charge in [-0.2, -0.15) is 0 Å². The number of rotatable bonds is 6. The lowest BCUT2D eigenvalue weighted by Gasteiger charge is -2.15. The molecule has 0 radical (unpaired) electrons. The van der Waals surface area contributed by atoms with Crippen LogP contribution in [0.1, 0.15) is 26.3 Å². The number of esters is 2. The monoisotopic (exact) mass is 321 g/mol. The molecule has 0 spiro atoms. The van der Waals surface area contributed by atoms with Crippen LogP contribution in [0, 0.1) is 0 Å². The zero-order chi connectivity index (χ0) is 17.4. The van der Waals surface area contributed by atoms with E-state index in [1.54, 1.807) is 19.1 Å². The second-order valence-electron chi connectivity index (χ2n) is 4.42. The van der Waals surface area contributed by atoms with Gasteiger partial charge < -0.3 is 19.5 Å². The molecule has 0 saturated carbocycles. The standard InChI is InChI=1S/C16H19NO6/c1-5-22-14(20)9-7-12-6-8-13(21-4)16(23-11(3)19)15(12)17-10(2)18/h6-9H,5H2,1-4H3,(H,17,18)/b9-7+. The lowest BCUT2D eigenvalue weighted by Crippen LogP contribution is -2.12. The molecule has 1 amide bonds. The first-order chi connectivity index (χ1) is 10.9. The first-order valence-electron chi connectivity index (χ1n) is 6.90. The maximum absolute atomic E-state index is 11.4. The van der Waals surface area contributed by atoms with E-state index in [4.69, 9.17) is 14.2 Å². The fraction of sp³-hybridized carbons (Fsp3) is 0.312. The quantitative estimate of drug-likeness (QED) is 0.490. The molecule has 0 aliphatic carbocycles. The van der Waals surface area contributed by atoms with E-state index in [2.05, 4.69) is 5.32 Å². The van der Waals surface area contributed by atoms with Crippen molar-refractivity contribution in [2.45, 2.75) is 20.8 Å². The van der Waals surface area contributed by atoms with E-state index in [0.29, 0.717) is 5.56 Å². The van der Waals surface area contributed by atoms with Gasteiger partial charge in [0.25, 0.3) is 0 Å². The van der Waals surface area contributed by atoms with Crippen molar-refractivity contribution in [3.63, 3.8) is 0 Å². The number of carbonyl (C=O) groups excluding carboxylic acids is 3. The number of anilines is 1. The van der Waals surface area contributed by atoms with E-state index in [9.17, 15) is 14.4 Å². The molecule has 0 unspecified atom stereocenters. The summed E-state index contributed by atoms with van der Waals surface area (Å²) in [7, 11) is 1.41. The van der Waals surface area contributed by atoms with Gasteiger partial charge in [-0.25, -0.2) is 4.79 Å². The minimum atomic E-state index is -0.568. The minimum Gasteiger partial charge on any atom is -0.493 e. The Morgan fingerprint density at radius 2 is 1.91 bits per heavy atom. The van der Waals surface area contributed by atoms with Crippen molar-refractivity contribution in [1.82, 2.24) is 0 Å². The van der Waals surface area contributed by atoms with Crippen LogP contribution in [0.2, 0.25) is 0 Å². The molecule has 7 nitrogen and oxygen atoms in total. The van der Waals surface area contributed by atoms with Gasteiger partial charge in [0.05, 0.1) is 19.4 Å². The van der Waals surface area contributed by atoms with E-state index in [1.807, 2.05) is 0 Å². The van der Waals surface area contributed by atoms with Crippen molar-refractivity contribution in [3.05, 3.63) is 23.8 Å². The summed E-state index contributed by atoms with van der Waals surface area (Å²) >= 11 is 0. The number of hydrogen-bond donors (Lipinski definition) is 1. The van der Waals surface area contributed by atoms with E-state index in [1.165, 1.54) is 33.1 Å². The average Bonchev–Trinajstić information content (AvgIpc) is 2.47. The van der Waals surface area contributed by atoms with Crippen molar-refractivity contribution >= 4 is 29.6 Å². The van der Waals surface area contributed by atoms with E-state index >= 15 is 0 Å². The molecular weight excluding hydrogens is 302 g/mol. The van der Waals surface area contributed by atoms with Crippen LogP contribution < -0.4 is 14.8 Å². The summed E-state index contributed by atoms with van der Waals surface area (Å²) in [5, 5.41) is 2.58. The average molecular weight is 321 g/mol. The van der Waals surface area contributed by atoms with Gasteiger partial charge in [0.15, 0.2) is 11.5 Å². The second kappa shape index (κ2) is 8.57. The summed E-state index contributed by atoms with van der Waals surface area (Å²) < 4.78 is 15.1. The van der Waals surface area contributed by atoms with Crippen LogP contribution in [0.15, 0.2) is 18.2 Å². The molecular formula is C16H19NO6. The molecule has 7 heteroatoms. The largest absolute Gasteiger partial charge is 0.493 e. The van der Waals surface area contributed by atoms with Gasteiger partial charge in [0.2, 0.25) is 5.91 Å². The zero-order valence-corrected chi connectivity index (χ0v) is 13.5. The highest BCUT2D eigenvalue weighted by atomic mass is 16.6. The predicted molar refractivity (Wildman–Crippen MR) is 84.3 cm³/mol. The number of methoxy groups -OCH3 is 1. The summed E-state index contributed by atoms with van der Waals surface area (Å²) in [6.07, 6.45) is 2.67. The minimum absolute atomic E-state index is 0.0706. The van der Waals surface area contributed by atoms with Crippen LogP contribution in [0.5, 0.6) is 11.5 Å². The third kappa shape index (κ3) is 5.46. The fourth-order valence-electron chi connectivity index (χ4n) is 1.78. The highest BCUT2D eigenvalue weighted by Gasteiger charge is 2.17. The zero-order valence-electron chi connectivity index (χ0n) is 13.5. The summed E-state index contributed by atoms with van der Waals surface area (Å²) in [5.41, 5.74) is 0.693. The summed E-state index contributed by atoms with van der Waals surface area (Å²) in [5.74, 6) is -1.11. The Balaban J connectivity index is 3.35. The van der Waals surface area contributed by atoms with Gasteiger partial charge in [-0.1, -0.05) is 0 Å². The first kappa shape index (κ1) is 18.2. The molecule has 0 saturated heterocycles. The van der Waals surface area contributed by atoms with Gasteiger partial charge in [-0.3, -0.25) is 9.59 Å². The maximum atomic E-state index is 11.4. The van der Waals surface area contributed by atoms with Crippen molar-refractivity contribution in [2.24, 2.45) is 0 Å². The van der Waals surface area contributed by atoms with Crippen LogP contribution >= 0.6 is 0 Å². The van der Waals surface area contributed by atoms with E-state index in [0.717, 1.165) is 0 Å². The van der Waals surface area contributed by atoms with E-state index < -0.39 is 11.9 Å². The first-order valence-corrected chi connectivity index (χ1v) is 6.90. The van der Waals surface area contributed by atoms with Gasteiger partial charge in [-0.05, 0) is 25.1 Å². The number of hydrogen-bond acceptors (Lipinski definition) is 6.